The average molecular weight is 255 g/mol. The van der Waals surface area contributed by atoms with Crippen molar-refractivity contribution in [3.8, 4) is 5.75 Å². The lowest BCUT2D eigenvalue weighted by Crippen LogP contribution is -2.38. The molecule has 3 amide bonds. The van der Waals surface area contributed by atoms with Crippen molar-refractivity contribution in [2.24, 2.45) is 11.5 Å². The number of hydrogen-bond donors (Lipinski definition) is 3. The summed E-state index contributed by atoms with van der Waals surface area (Å²) in [6.07, 6.45) is 0. The molecule has 1 aromatic carbocycles. The Morgan fingerprint density at radius 3 is 2.67 bits per heavy atom. The number of amides is 3. The molecule has 0 saturated heterocycles. The van der Waals surface area contributed by atoms with E-state index in [-0.39, 0.29) is 11.8 Å². The van der Waals surface area contributed by atoms with Gasteiger partial charge in [-0.1, -0.05) is 6.07 Å². The van der Waals surface area contributed by atoms with Crippen LogP contribution in [0.25, 0.3) is 0 Å². The van der Waals surface area contributed by atoms with E-state index in [2.05, 4.69) is 0 Å². The van der Waals surface area contributed by atoms with E-state index in [9.17, 15) is 14.0 Å². The maximum absolute atomic E-state index is 13.5. The summed E-state index contributed by atoms with van der Waals surface area (Å²) in [5.41, 5.74) is 10.9. The Morgan fingerprint density at radius 2 is 2.17 bits per heavy atom. The second-order valence-electron chi connectivity index (χ2n) is 3.68. The smallest absolute Gasteiger partial charge is 0.318 e. The molecule has 0 bridgehead atoms. The zero-order chi connectivity index (χ0) is 13.7. The zero-order valence-electron chi connectivity index (χ0n) is 9.77. The zero-order valence-corrected chi connectivity index (χ0v) is 9.77. The molecule has 5 N–H and O–H groups in total. The molecule has 1 rings (SSSR count). The number of carbonyl (C=O) groups excluding carboxylic acids is 2. The first-order chi connectivity index (χ1) is 8.40. The van der Waals surface area contributed by atoms with Crippen molar-refractivity contribution in [2.75, 3.05) is 6.61 Å². The summed E-state index contributed by atoms with van der Waals surface area (Å²) in [5.74, 6) is -1.48. The van der Waals surface area contributed by atoms with Crippen LogP contribution in [-0.2, 0) is 4.79 Å². The van der Waals surface area contributed by atoms with E-state index in [0.717, 1.165) is 0 Å². The van der Waals surface area contributed by atoms with Gasteiger partial charge >= 0.3 is 6.03 Å². The predicted octanol–water partition coefficient (Wildman–Crippen LogP) is 0.419. The maximum atomic E-state index is 13.5. The standard InChI is InChI=1S/C11H14FN3O3/c1-6(13)7-2-3-9(8(12)4-7)18-5-10(16)15-11(14)17/h2-4,6H,5,13H2,1H3,(H3,14,15,16,17)/t6-/m1/s1. The lowest BCUT2D eigenvalue weighted by molar-refractivity contribution is -0.121. The van der Waals surface area contributed by atoms with Gasteiger partial charge in [-0.05, 0) is 24.6 Å². The second-order valence-corrected chi connectivity index (χ2v) is 3.68. The van der Waals surface area contributed by atoms with Crippen molar-refractivity contribution in [2.45, 2.75) is 13.0 Å². The minimum Gasteiger partial charge on any atom is -0.481 e. The van der Waals surface area contributed by atoms with Crippen LogP contribution in [0.15, 0.2) is 18.2 Å². The third kappa shape index (κ3) is 4.02. The highest BCUT2D eigenvalue weighted by Gasteiger charge is 2.10. The first-order valence-electron chi connectivity index (χ1n) is 5.17. The monoisotopic (exact) mass is 255 g/mol. The number of nitrogens with two attached hydrogens (primary N) is 2. The Hall–Kier alpha value is -2.15. The molecular weight excluding hydrogens is 241 g/mol. The van der Waals surface area contributed by atoms with Crippen molar-refractivity contribution in [1.29, 1.82) is 0 Å². The van der Waals surface area contributed by atoms with Gasteiger partial charge in [0, 0.05) is 6.04 Å². The predicted molar refractivity (Wildman–Crippen MR) is 62.2 cm³/mol. The largest absolute Gasteiger partial charge is 0.481 e. The number of hydrogen-bond acceptors (Lipinski definition) is 4. The molecule has 18 heavy (non-hydrogen) atoms. The van der Waals surface area contributed by atoms with Crippen molar-refractivity contribution >= 4 is 11.9 Å². The average Bonchev–Trinajstić information content (AvgIpc) is 2.26. The van der Waals surface area contributed by atoms with Crippen LogP contribution in [0.4, 0.5) is 9.18 Å². The van der Waals surface area contributed by atoms with Crippen LogP contribution in [0, 0.1) is 5.82 Å². The van der Waals surface area contributed by atoms with Gasteiger partial charge in [0.2, 0.25) is 0 Å². The molecule has 0 unspecified atom stereocenters. The molecule has 0 spiro atoms. The number of imide groups is 1. The van der Waals surface area contributed by atoms with Gasteiger partial charge in [-0.15, -0.1) is 0 Å². The number of rotatable bonds is 4. The number of carbonyl (C=O) groups is 2. The molecule has 7 heteroatoms. The normalized spacial score (nSPS) is 11.7. The highest BCUT2D eigenvalue weighted by atomic mass is 19.1. The summed E-state index contributed by atoms with van der Waals surface area (Å²) >= 11 is 0. The maximum Gasteiger partial charge on any atom is 0.318 e. The van der Waals surface area contributed by atoms with Crippen LogP contribution in [0.2, 0.25) is 0 Å². The second kappa shape index (κ2) is 5.97. The number of halogens is 1. The van der Waals surface area contributed by atoms with Gasteiger partial charge in [0.25, 0.3) is 5.91 Å². The lowest BCUT2D eigenvalue weighted by Gasteiger charge is -2.09. The number of ether oxygens (including phenoxy) is 1. The molecule has 0 aromatic heterocycles. The van der Waals surface area contributed by atoms with Crippen LogP contribution < -0.4 is 21.5 Å². The summed E-state index contributed by atoms with van der Waals surface area (Å²) in [6, 6.07) is 2.90. The van der Waals surface area contributed by atoms with Gasteiger partial charge in [0.1, 0.15) is 0 Å². The van der Waals surface area contributed by atoms with Crippen molar-refractivity contribution < 1.29 is 18.7 Å². The van der Waals surface area contributed by atoms with Crippen LogP contribution in [-0.4, -0.2) is 18.5 Å². The topological polar surface area (TPSA) is 107 Å². The number of urea groups is 1. The minimum absolute atomic E-state index is 0.0981. The summed E-state index contributed by atoms with van der Waals surface area (Å²) in [5, 5.41) is 1.79. The molecule has 0 aliphatic carbocycles. The molecule has 6 nitrogen and oxygen atoms in total. The van der Waals surface area contributed by atoms with E-state index in [0.29, 0.717) is 5.56 Å². The Kier molecular flexibility index (Phi) is 4.61. The number of benzene rings is 1. The van der Waals surface area contributed by atoms with Gasteiger partial charge in [0.05, 0.1) is 0 Å². The summed E-state index contributed by atoms with van der Waals surface area (Å²) < 4.78 is 18.4. The fourth-order valence-electron chi connectivity index (χ4n) is 1.23. The lowest BCUT2D eigenvalue weighted by atomic mass is 10.1. The quantitative estimate of drug-likeness (QED) is 0.724. The highest BCUT2D eigenvalue weighted by Crippen LogP contribution is 2.20. The van der Waals surface area contributed by atoms with E-state index in [1.165, 1.54) is 12.1 Å². The Labute approximate surface area is 103 Å². The van der Waals surface area contributed by atoms with Crippen LogP contribution in [0.5, 0.6) is 5.75 Å². The van der Waals surface area contributed by atoms with Crippen LogP contribution >= 0.6 is 0 Å². The molecule has 0 aliphatic rings. The van der Waals surface area contributed by atoms with Gasteiger partial charge in [-0.25, -0.2) is 9.18 Å². The molecule has 98 valence electrons. The van der Waals surface area contributed by atoms with Gasteiger partial charge in [-0.3, -0.25) is 10.1 Å². The van der Waals surface area contributed by atoms with E-state index in [1.54, 1.807) is 18.3 Å². The van der Waals surface area contributed by atoms with Gasteiger partial charge in [-0.2, -0.15) is 0 Å². The fourth-order valence-corrected chi connectivity index (χ4v) is 1.23. The molecule has 0 heterocycles. The molecule has 0 radical (unpaired) electrons. The van der Waals surface area contributed by atoms with Crippen molar-refractivity contribution in [3.05, 3.63) is 29.6 Å². The summed E-state index contributed by atoms with van der Waals surface area (Å²) in [6.45, 7) is 1.22. The van der Waals surface area contributed by atoms with E-state index in [1.807, 2.05) is 0 Å². The third-order valence-corrected chi connectivity index (χ3v) is 2.10. The van der Waals surface area contributed by atoms with E-state index in [4.69, 9.17) is 16.2 Å². The van der Waals surface area contributed by atoms with Crippen LogP contribution in [0.1, 0.15) is 18.5 Å². The van der Waals surface area contributed by atoms with Gasteiger partial charge in [0.15, 0.2) is 18.2 Å². The van der Waals surface area contributed by atoms with Crippen molar-refractivity contribution in [1.82, 2.24) is 5.32 Å². The molecule has 0 fully saturated rings. The summed E-state index contributed by atoms with van der Waals surface area (Å²) in [4.78, 5) is 21.4. The first kappa shape index (κ1) is 13.9. The molecule has 1 aromatic rings. The molecule has 0 saturated carbocycles. The molecule has 1 atom stereocenters. The minimum atomic E-state index is -0.989. The van der Waals surface area contributed by atoms with Crippen molar-refractivity contribution in [3.63, 3.8) is 0 Å². The third-order valence-electron chi connectivity index (χ3n) is 2.10. The SMILES string of the molecule is C[C@@H](N)c1ccc(OCC(=O)NC(N)=O)c(F)c1. The fraction of sp³-hybridized carbons (Fsp3) is 0.273. The van der Waals surface area contributed by atoms with E-state index >= 15 is 0 Å². The number of primary amides is 1. The Morgan fingerprint density at radius 1 is 1.50 bits per heavy atom. The first-order valence-corrected chi connectivity index (χ1v) is 5.17. The van der Waals surface area contributed by atoms with Gasteiger partial charge < -0.3 is 16.2 Å². The van der Waals surface area contributed by atoms with Crippen LogP contribution in [0.3, 0.4) is 0 Å². The van der Waals surface area contributed by atoms with E-state index < -0.39 is 24.4 Å². The molecular formula is C11H14FN3O3. The number of nitrogens with one attached hydrogen (secondary N) is 1. The highest BCUT2D eigenvalue weighted by molar-refractivity contribution is 5.94. The Balaban J connectivity index is 2.63. The summed E-state index contributed by atoms with van der Waals surface area (Å²) in [7, 11) is 0. The molecule has 0 aliphatic heterocycles. The Bertz CT molecular complexity index is 463.